The maximum Gasteiger partial charge on any atom is 0.308 e. The number of amides is 1. The first kappa shape index (κ1) is 18.5. The number of carbonyl (C=O) groups excluding carboxylic acids is 2. The molecule has 0 spiro atoms. The first-order valence-electron chi connectivity index (χ1n) is 7.40. The average Bonchev–Trinajstić information content (AvgIpc) is 2.57. The fourth-order valence-corrected chi connectivity index (χ4v) is 2.14. The number of benzene rings is 2. The number of halogens is 1. The maximum absolute atomic E-state index is 11.8. The minimum atomic E-state index is -0.436. The van der Waals surface area contributed by atoms with Crippen LogP contribution in [0.25, 0.3) is 0 Å². The molecule has 0 radical (unpaired) electrons. The molecule has 2 aromatic carbocycles. The van der Waals surface area contributed by atoms with E-state index in [0.717, 1.165) is 5.56 Å². The number of nitrogens with zero attached hydrogens (tertiary/aromatic N) is 1. The van der Waals surface area contributed by atoms with Crippen LogP contribution in [0.2, 0.25) is 5.02 Å². The molecule has 2 aromatic rings. The van der Waals surface area contributed by atoms with Gasteiger partial charge in [0.25, 0.3) is 0 Å². The van der Waals surface area contributed by atoms with Gasteiger partial charge in [0.05, 0.1) is 19.7 Å². The predicted octanol–water partition coefficient (Wildman–Crippen LogP) is 2.97. The van der Waals surface area contributed by atoms with Crippen molar-refractivity contribution in [2.45, 2.75) is 13.3 Å². The normalized spacial score (nSPS) is 10.5. The lowest BCUT2D eigenvalue weighted by molar-refractivity contribution is -0.132. The molecule has 0 atom stereocenters. The summed E-state index contributed by atoms with van der Waals surface area (Å²) in [5.74, 6) is 0.0295. The number of hydrogen-bond donors (Lipinski definition) is 1. The van der Waals surface area contributed by atoms with Crippen molar-refractivity contribution >= 4 is 29.7 Å². The Morgan fingerprint density at radius 1 is 1.16 bits per heavy atom. The molecular weight excluding hydrogens is 344 g/mol. The van der Waals surface area contributed by atoms with E-state index < -0.39 is 5.97 Å². The van der Waals surface area contributed by atoms with Crippen molar-refractivity contribution in [1.82, 2.24) is 5.43 Å². The molecule has 0 heterocycles. The van der Waals surface area contributed by atoms with Gasteiger partial charge in [-0.25, -0.2) is 5.43 Å². The van der Waals surface area contributed by atoms with Gasteiger partial charge in [0.2, 0.25) is 5.91 Å². The SMILES string of the molecule is COc1cc(C=NNC(=O)Cc2ccc(Cl)cc2)ccc1OC(C)=O. The molecule has 130 valence electrons. The van der Waals surface area contributed by atoms with Crippen molar-refractivity contribution in [3.8, 4) is 11.5 Å². The fraction of sp³-hybridized carbons (Fsp3) is 0.167. The van der Waals surface area contributed by atoms with E-state index in [9.17, 15) is 9.59 Å². The van der Waals surface area contributed by atoms with E-state index in [1.165, 1.54) is 20.2 Å². The van der Waals surface area contributed by atoms with E-state index in [2.05, 4.69) is 10.5 Å². The summed E-state index contributed by atoms with van der Waals surface area (Å²) in [6.45, 7) is 1.31. The third-order valence-electron chi connectivity index (χ3n) is 3.12. The maximum atomic E-state index is 11.8. The van der Waals surface area contributed by atoms with Gasteiger partial charge in [0.1, 0.15) is 0 Å². The Morgan fingerprint density at radius 2 is 1.88 bits per heavy atom. The lowest BCUT2D eigenvalue weighted by Crippen LogP contribution is -2.19. The average molecular weight is 361 g/mol. The molecular formula is C18H17ClN2O4. The summed E-state index contributed by atoms with van der Waals surface area (Å²) in [7, 11) is 1.47. The summed E-state index contributed by atoms with van der Waals surface area (Å²) in [5.41, 5.74) is 3.97. The second kappa shape index (κ2) is 8.84. The van der Waals surface area contributed by atoms with Crippen LogP contribution in [0.1, 0.15) is 18.1 Å². The largest absolute Gasteiger partial charge is 0.493 e. The summed E-state index contributed by atoms with van der Waals surface area (Å²) >= 11 is 5.80. The molecule has 1 amide bonds. The fourth-order valence-electron chi connectivity index (χ4n) is 2.01. The topological polar surface area (TPSA) is 77.0 Å². The van der Waals surface area contributed by atoms with Crippen LogP contribution in [-0.2, 0) is 16.0 Å². The van der Waals surface area contributed by atoms with Gasteiger partial charge in [-0.3, -0.25) is 9.59 Å². The number of rotatable bonds is 6. The van der Waals surface area contributed by atoms with Gasteiger partial charge in [0, 0.05) is 11.9 Å². The summed E-state index contributed by atoms with van der Waals surface area (Å²) in [4.78, 5) is 22.9. The summed E-state index contributed by atoms with van der Waals surface area (Å²) in [6, 6.07) is 11.9. The molecule has 0 aliphatic carbocycles. The molecule has 0 aromatic heterocycles. The molecule has 2 rings (SSSR count). The van der Waals surface area contributed by atoms with Crippen LogP contribution in [0.15, 0.2) is 47.6 Å². The lowest BCUT2D eigenvalue weighted by atomic mass is 10.1. The monoisotopic (exact) mass is 360 g/mol. The number of ether oxygens (including phenoxy) is 2. The van der Waals surface area contributed by atoms with Gasteiger partial charge in [0.15, 0.2) is 11.5 Å². The zero-order chi connectivity index (χ0) is 18.2. The molecule has 0 bridgehead atoms. The third-order valence-corrected chi connectivity index (χ3v) is 3.37. The molecule has 0 aliphatic rings. The van der Waals surface area contributed by atoms with Crippen LogP contribution < -0.4 is 14.9 Å². The number of nitrogens with one attached hydrogen (secondary N) is 1. The predicted molar refractivity (Wildman–Crippen MR) is 95.2 cm³/mol. The van der Waals surface area contributed by atoms with Crippen LogP contribution in [-0.4, -0.2) is 25.2 Å². The number of methoxy groups -OCH3 is 1. The number of hydrogen-bond acceptors (Lipinski definition) is 5. The van der Waals surface area contributed by atoms with Gasteiger partial charge < -0.3 is 9.47 Å². The van der Waals surface area contributed by atoms with Gasteiger partial charge in [-0.2, -0.15) is 5.10 Å². The Kier molecular flexibility index (Phi) is 6.54. The Balaban J connectivity index is 1.95. The highest BCUT2D eigenvalue weighted by Crippen LogP contribution is 2.27. The first-order chi connectivity index (χ1) is 12.0. The highest BCUT2D eigenvalue weighted by molar-refractivity contribution is 6.30. The van der Waals surface area contributed by atoms with Crippen LogP contribution >= 0.6 is 11.6 Å². The van der Waals surface area contributed by atoms with Crippen molar-refractivity contribution in [3.63, 3.8) is 0 Å². The van der Waals surface area contributed by atoms with E-state index >= 15 is 0 Å². The Morgan fingerprint density at radius 3 is 2.52 bits per heavy atom. The van der Waals surface area contributed by atoms with E-state index in [4.69, 9.17) is 21.1 Å². The number of esters is 1. The van der Waals surface area contributed by atoms with E-state index in [1.807, 2.05) is 0 Å². The first-order valence-corrected chi connectivity index (χ1v) is 7.78. The Bertz CT molecular complexity index is 788. The molecule has 0 aliphatic heterocycles. The quantitative estimate of drug-likeness (QED) is 0.372. The highest BCUT2D eigenvalue weighted by atomic mass is 35.5. The highest BCUT2D eigenvalue weighted by Gasteiger charge is 2.07. The van der Waals surface area contributed by atoms with Crippen molar-refractivity contribution < 1.29 is 19.1 Å². The van der Waals surface area contributed by atoms with Crippen molar-refractivity contribution in [3.05, 3.63) is 58.6 Å². The van der Waals surface area contributed by atoms with Gasteiger partial charge in [-0.1, -0.05) is 23.7 Å². The molecule has 0 saturated heterocycles. The molecule has 0 fully saturated rings. The summed E-state index contributed by atoms with van der Waals surface area (Å²) < 4.78 is 10.2. The number of carbonyl (C=O) groups is 2. The van der Waals surface area contributed by atoms with Crippen LogP contribution in [0.5, 0.6) is 11.5 Å². The van der Waals surface area contributed by atoms with Gasteiger partial charge in [-0.05, 0) is 41.5 Å². The molecule has 6 nitrogen and oxygen atoms in total. The third kappa shape index (κ3) is 5.93. The van der Waals surface area contributed by atoms with Gasteiger partial charge in [-0.15, -0.1) is 0 Å². The molecule has 25 heavy (non-hydrogen) atoms. The minimum Gasteiger partial charge on any atom is -0.493 e. The van der Waals surface area contributed by atoms with E-state index in [1.54, 1.807) is 42.5 Å². The minimum absolute atomic E-state index is 0.198. The smallest absolute Gasteiger partial charge is 0.308 e. The lowest BCUT2D eigenvalue weighted by Gasteiger charge is -2.08. The summed E-state index contributed by atoms with van der Waals surface area (Å²) in [5, 5.41) is 4.53. The van der Waals surface area contributed by atoms with Crippen LogP contribution in [0.3, 0.4) is 0 Å². The second-order valence-corrected chi connectivity index (χ2v) is 5.54. The van der Waals surface area contributed by atoms with Crippen molar-refractivity contribution in [2.24, 2.45) is 5.10 Å². The van der Waals surface area contributed by atoms with Gasteiger partial charge >= 0.3 is 5.97 Å². The molecule has 0 saturated carbocycles. The van der Waals surface area contributed by atoms with E-state index in [-0.39, 0.29) is 12.3 Å². The zero-order valence-corrected chi connectivity index (χ0v) is 14.5. The Labute approximate surface area is 150 Å². The van der Waals surface area contributed by atoms with Crippen molar-refractivity contribution in [1.29, 1.82) is 0 Å². The van der Waals surface area contributed by atoms with E-state index in [0.29, 0.717) is 22.1 Å². The molecule has 7 heteroatoms. The second-order valence-electron chi connectivity index (χ2n) is 5.10. The number of hydrazone groups is 1. The van der Waals surface area contributed by atoms with Crippen molar-refractivity contribution in [2.75, 3.05) is 7.11 Å². The molecule has 0 unspecified atom stereocenters. The van der Waals surface area contributed by atoms with Crippen LogP contribution in [0, 0.1) is 0 Å². The van der Waals surface area contributed by atoms with Crippen LogP contribution in [0.4, 0.5) is 0 Å². The molecule has 1 N–H and O–H groups in total. The zero-order valence-electron chi connectivity index (χ0n) is 13.8. The standard InChI is InChI=1S/C18H17ClN2O4/c1-12(22)25-16-8-5-14(9-17(16)24-2)11-20-21-18(23)10-13-3-6-15(19)7-4-13/h3-9,11H,10H2,1-2H3,(H,21,23). The Hall–Kier alpha value is -2.86. The summed E-state index contributed by atoms with van der Waals surface area (Å²) in [6.07, 6.45) is 1.67.